The van der Waals surface area contributed by atoms with Gasteiger partial charge in [-0.05, 0) is 49.1 Å². The number of nitrogens with one attached hydrogen (secondary N) is 2. The average Bonchev–Trinajstić information content (AvgIpc) is 2.46. The summed E-state index contributed by atoms with van der Waals surface area (Å²) in [6.45, 7) is 2.95. The fraction of sp³-hybridized carbons (Fsp3) is 0.235. The van der Waals surface area contributed by atoms with Crippen molar-refractivity contribution in [3.05, 3.63) is 59.2 Å². The van der Waals surface area contributed by atoms with Gasteiger partial charge in [-0.15, -0.1) is 0 Å². The van der Waals surface area contributed by atoms with Crippen molar-refractivity contribution in [3.63, 3.8) is 0 Å². The van der Waals surface area contributed by atoms with E-state index in [-0.39, 0.29) is 5.91 Å². The van der Waals surface area contributed by atoms with Crippen LogP contribution in [-0.4, -0.2) is 12.5 Å². The highest BCUT2D eigenvalue weighted by Gasteiger charge is 2.17. The van der Waals surface area contributed by atoms with E-state index in [4.69, 9.17) is 0 Å². The Morgan fingerprint density at radius 2 is 2.05 bits per heavy atom. The molecule has 0 bridgehead atoms. The molecule has 0 fully saturated rings. The Morgan fingerprint density at radius 3 is 2.90 bits per heavy atom. The van der Waals surface area contributed by atoms with Gasteiger partial charge in [-0.1, -0.05) is 24.3 Å². The fourth-order valence-corrected chi connectivity index (χ4v) is 2.62. The Kier molecular flexibility index (Phi) is 3.42. The molecule has 2 N–H and O–H groups in total. The third-order valence-electron chi connectivity index (χ3n) is 3.60. The van der Waals surface area contributed by atoms with E-state index in [0.29, 0.717) is 0 Å². The van der Waals surface area contributed by atoms with Gasteiger partial charge in [0.15, 0.2) is 0 Å². The lowest BCUT2D eigenvalue weighted by atomic mass is 9.99. The zero-order valence-corrected chi connectivity index (χ0v) is 11.6. The Labute approximate surface area is 119 Å². The highest BCUT2D eigenvalue weighted by atomic mass is 16.1. The quantitative estimate of drug-likeness (QED) is 0.872. The molecule has 3 rings (SSSR count). The zero-order valence-electron chi connectivity index (χ0n) is 11.6. The summed E-state index contributed by atoms with van der Waals surface area (Å²) >= 11 is 0. The van der Waals surface area contributed by atoms with E-state index in [1.807, 2.05) is 43.3 Å². The fourth-order valence-electron chi connectivity index (χ4n) is 2.62. The largest absolute Gasteiger partial charge is 0.384 e. The molecule has 0 spiro atoms. The highest BCUT2D eigenvalue weighted by molar-refractivity contribution is 6.08. The van der Waals surface area contributed by atoms with Crippen LogP contribution in [0.1, 0.15) is 27.9 Å². The molecule has 0 unspecified atom stereocenters. The molecule has 0 saturated carbocycles. The van der Waals surface area contributed by atoms with Crippen LogP contribution in [0.3, 0.4) is 0 Å². The minimum Gasteiger partial charge on any atom is -0.384 e. The van der Waals surface area contributed by atoms with E-state index in [1.165, 1.54) is 5.56 Å². The number of carbonyl (C=O) groups excluding carboxylic acids is 1. The molecule has 0 aromatic heterocycles. The first-order valence-electron chi connectivity index (χ1n) is 6.98. The lowest BCUT2D eigenvalue weighted by molar-refractivity contribution is 0.102. The van der Waals surface area contributed by atoms with Crippen molar-refractivity contribution in [1.82, 2.24) is 0 Å². The molecule has 3 nitrogen and oxygen atoms in total. The van der Waals surface area contributed by atoms with Gasteiger partial charge in [-0.2, -0.15) is 0 Å². The molecule has 0 saturated heterocycles. The highest BCUT2D eigenvalue weighted by Crippen LogP contribution is 2.26. The van der Waals surface area contributed by atoms with Crippen LogP contribution < -0.4 is 10.6 Å². The van der Waals surface area contributed by atoms with Gasteiger partial charge in [0, 0.05) is 12.2 Å². The van der Waals surface area contributed by atoms with Crippen LogP contribution in [-0.2, 0) is 6.42 Å². The van der Waals surface area contributed by atoms with Gasteiger partial charge < -0.3 is 10.6 Å². The van der Waals surface area contributed by atoms with Gasteiger partial charge in [0.2, 0.25) is 0 Å². The first-order chi connectivity index (χ1) is 9.74. The summed E-state index contributed by atoms with van der Waals surface area (Å²) in [5, 5.41) is 6.32. The number of hydrogen-bond donors (Lipinski definition) is 2. The normalized spacial score (nSPS) is 13.2. The van der Waals surface area contributed by atoms with Crippen molar-refractivity contribution in [1.29, 1.82) is 0 Å². The summed E-state index contributed by atoms with van der Waals surface area (Å²) in [4.78, 5) is 12.4. The summed E-state index contributed by atoms with van der Waals surface area (Å²) in [6.07, 6.45) is 2.16. The summed E-state index contributed by atoms with van der Waals surface area (Å²) in [6, 6.07) is 13.8. The van der Waals surface area contributed by atoms with Gasteiger partial charge in [-0.25, -0.2) is 0 Å². The Bertz CT molecular complexity index is 649. The molecule has 0 atom stereocenters. The number of benzene rings is 2. The van der Waals surface area contributed by atoms with Gasteiger partial charge in [0.05, 0.1) is 11.3 Å². The Hall–Kier alpha value is -2.29. The number of rotatable bonds is 2. The lowest BCUT2D eigenvalue weighted by Gasteiger charge is -2.20. The number of hydrogen-bond acceptors (Lipinski definition) is 2. The van der Waals surface area contributed by atoms with Crippen LogP contribution in [0.5, 0.6) is 0 Å². The maximum absolute atomic E-state index is 12.4. The van der Waals surface area contributed by atoms with Gasteiger partial charge >= 0.3 is 0 Å². The van der Waals surface area contributed by atoms with Crippen molar-refractivity contribution >= 4 is 17.3 Å². The van der Waals surface area contributed by atoms with Gasteiger partial charge in [0.25, 0.3) is 5.91 Å². The standard InChI is InChI=1S/C17H18N2O/c1-12-5-2-8-14(11-12)19-17(20)15-9-3-6-13-7-4-10-18-16(13)15/h2-3,5-6,8-9,11,18H,4,7,10H2,1H3,(H,19,20). The van der Waals surface area contributed by atoms with E-state index >= 15 is 0 Å². The van der Waals surface area contributed by atoms with Crippen LogP contribution in [0, 0.1) is 6.92 Å². The lowest BCUT2D eigenvalue weighted by Crippen LogP contribution is -2.19. The summed E-state index contributed by atoms with van der Waals surface area (Å²) in [7, 11) is 0. The Morgan fingerprint density at radius 1 is 1.20 bits per heavy atom. The Balaban J connectivity index is 1.88. The van der Waals surface area contributed by atoms with E-state index in [1.54, 1.807) is 0 Å². The number of para-hydroxylation sites is 1. The SMILES string of the molecule is Cc1cccc(NC(=O)c2cccc3c2NCCC3)c1. The maximum Gasteiger partial charge on any atom is 0.257 e. The molecule has 0 radical (unpaired) electrons. The minimum atomic E-state index is -0.0538. The molecule has 1 heterocycles. The van der Waals surface area contributed by atoms with Crippen molar-refractivity contribution in [3.8, 4) is 0 Å². The van der Waals surface area contributed by atoms with E-state index < -0.39 is 0 Å². The summed E-state index contributed by atoms with van der Waals surface area (Å²) in [5.41, 5.74) is 4.92. The molecule has 3 heteroatoms. The number of fused-ring (bicyclic) bond motifs is 1. The second kappa shape index (κ2) is 5.37. The van der Waals surface area contributed by atoms with Crippen LogP contribution in [0.25, 0.3) is 0 Å². The average molecular weight is 266 g/mol. The molecular formula is C17H18N2O. The molecule has 1 aliphatic rings. The third kappa shape index (κ3) is 2.52. The van der Waals surface area contributed by atoms with Crippen molar-refractivity contribution in [2.75, 3.05) is 17.2 Å². The molecule has 20 heavy (non-hydrogen) atoms. The van der Waals surface area contributed by atoms with Crippen molar-refractivity contribution in [2.24, 2.45) is 0 Å². The smallest absolute Gasteiger partial charge is 0.257 e. The molecular weight excluding hydrogens is 248 g/mol. The minimum absolute atomic E-state index is 0.0538. The number of anilines is 2. The topological polar surface area (TPSA) is 41.1 Å². The van der Waals surface area contributed by atoms with Gasteiger partial charge in [0.1, 0.15) is 0 Å². The predicted molar refractivity (Wildman–Crippen MR) is 82.4 cm³/mol. The van der Waals surface area contributed by atoms with E-state index in [0.717, 1.165) is 41.9 Å². The van der Waals surface area contributed by atoms with Crippen LogP contribution in [0.15, 0.2) is 42.5 Å². The number of amides is 1. The van der Waals surface area contributed by atoms with Crippen LogP contribution in [0.4, 0.5) is 11.4 Å². The molecule has 2 aromatic carbocycles. The third-order valence-corrected chi connectivity index (χ3v) is 3.60. The molecule has 1 amide bonds. The van der Waals surface area contributed by atoms with Crippen molar-refractivity contribution < 1.29 is 4.79 Å². The molecule has 1 aliphatic heterocycles. The first kappa shape index (κ1) is 12.7. The second-order valence-electron chi connectivity index (χ2n) is 5.19. The zero-order chi connectivity index (χ0) is 13.9. The number of aryl methyl sites for hydroxylation is 2. The summed E-state index contributed by atoms with van der Waals surface area (Å²) in [5.74, 6) is -0.0538. The first-order valence-corrected chi connectivity index (χ1v) is 6.98. The second-order valence-corrected chi connectivity index (χ2v) is 5.19. The summed E-state index contributed by atoms with van der Waals surface area (Å²) < 4.78 is 0. The predicted octanol–water partition coefficient (Wildman–Crippen LogP) is 3.61. The molecule has 102 valence electrons. The van der Waals surface area contributed by atoms with Crippen LogP contribution >= 0.6 is 0 Å². The van der Waals surface area contributed by atoms with E-state index in [2.05, 4.69) is 16.7 Å². The molecule has 0 aliphatic carbocycles. The van der Waals surface area contributed by atoms with Crippen LogP contribution in [0.2, 0.25) is 0 Å². The monoisotopic (exact) mass is 266 g/mol. The maximum atomic E-state index is 12.4. The van der Waals surface area contributed by atoms with Gasteiger partial charge in [-0.3, -0.25) is 4.79 Å². The van der Waals surface area contributed by atoms with Crippen molar-refractivity contribution in [2.45, 2.75) is 19.8 Å². The molecule has 2 aromatic rings. The number of carbonyl (C=O) groups is 1. The van der Waals surface area contributed by atoms with E-state index in [9.17, 15) is 4.79 Å².